The van der Waals surface area contributed by atoms with Crippen molar-refractivity contribution in [3.05, 3.63) is 29.8 Å². The van der Waals surface area contributed by atoms with E-state index in [9.17, 15) is 0 Å². The van der Waals surface area contributed by atoms with E-state index in [1.165, 1.54) is 31.2 Å². The number of rotatable bonds is 6. The molecule has 1 aliphatic carbocycles. The molecular weight excluding hydrogens is 198 g/mol. The lowest BCUT2D eigenvalue weighted by molar-refractivity contribution is 0.414. The zero-order valence-corrected chi connectivity index (χ0v) is 10.2. The van der Waals surface area contributed by atoms with Crippen LogP contribution in [-0.2, 0) is 0 Å². The number of nitrogens with one attached hydrogen (secondary N) is 1. The van der Waals surface area contributed by atoms with Crippen LogP contribution in [0.4, 0.5) is 0 Å². The van der Waals surface area contributed by atoms with Crippen molar-refractivity contribution in [3.63, 3.8) is 0 Å². The summed E-state index contributed by atoms with van der Waals surface area (Å²) in [6, 6.07) is 8.89. The Balaban J connectivity index is 1.94. The predicted octanol–water partition coefficient (Wildman–Crippen LogP) is 3.15. The van der Waals surface area contributed by atoms with Gasteiger partial charge in [0, 0.05) is 6.04 Å². The van der Waals surface area contributed by atoms with Gasteiger partial charge in [0.25, 0.3) is 0 Å². The zero-order chi connectivity index (χ0) is 11.4. The lowest BCUT2D eigenvalue weighted by atomic mass is 10.0. The summed E-state index contributed by atoms with van der Waals surface area (Å²) in [6.07, 6.45) is 5.49. The first kappa shape index (κ1) is 11.5. The van der Waals surface area contributed by atoms with Crippen LogP contribution in [0.15, 0.2) is 24.3 Å². The average molecular weight is 219 g/mol. The second-order valence-electron chi connectivity index (χ2n) is 4.64. The van der Waals surface area contributed by atoms with E-state index in [1.54, 1.807) is 7.11 Å². The van der Waals surface area contributed by atoms with Crippen LogP contribution in [0.25, 0.3) is 0 Å². The molecule has 1 atom stereocenters. The van der Waals surface area contributed by atoms with Crippen LogP contribution >= 0.6 is 0 Å². The molecule has 2 nitrogen and oxygen atoms in total. The van der Waals surface area contributed by atoms with Crippen molar-refractivity contribution < 1.29 is 4.74 Å². The SMILES string of the molecule is CNC(CCC1CC1)c1ccc(OC)cc1. The Bertz CT molecular complexity index is 316. The minimum Gasteiger partial charge on any atom is -0.497 e. The van der Waals surface area contributed by atoms with Gasteiger partial charge in [-0.05, 0) is 43.5 Å². The maximum absolute atomic E-state index is 5.17. The van der Waals surface area contributed by atoms with Crippen LogP contribution in [0.3, 0.4) is 0 Å². The standard InChI is InChI=1S/C14H21NO/c1-15-14(10-5-11-3-4-11)12-6-8-13(16-2)9-7-12/h6-9,11,14-15H,3-5,10H2,1-2H3. The number of benzene rings is 1. The van der Waals surface area contributed by atoms with E-state index in [-0.39, 0.29) is 0 Å². The summed E-state index contributed by atoms with van der Waals surface area (Å²) >= 11 is 0. The summed E-state index contributed by atoms with van der Waals surface area (Å²) in [5, 5.41) is 3.40. The molecular formula is C14H21NO. The summed E-state index contributed by atoms with van der Waals surface area (Å²) in [4.78, 5) is 0. The third-order valence-electron chi connectivity index (χ3n) is 3.43. The molecule has 0 spiro atoms. The fourth-order valence-electron chi connectivity index (χ4n) is 2.12. The largest absolute Gasteiger partial charge is 0.497 e. The van der Waals surface area contributed by atoms with Gasteiger partial charge >= 0.3 is 0 Å². The third kappa shape index (κ3) is 2.99. The number of hydrogen-bond donors (Lipinski definition) is 1. The minimum absolute atomic E-state index is 0.492. The first-order valence-electron chi connectivity index (χ1n) is 6.14. The topological polar surface area (TPSA) is 21.3 Å². The molecule has 2 heteroatoms. The van der Waals surface area contributed by atoms with Crippen LogP contribution in [0.2, 0.25) is 0 Å². The first-order chi connectivity index (χ1) is 7.83. The van der Waals surface area contributed by atoms with E-state index in [2.05, 4.69) is 17.4 Å². The van der Waals surface area contributed by atoms with E-state index in [4.69, 9.17) is 4.74 Å². The van der Waals surface area contributed by atoms with Gasteiger partial charge < -0.3 is 10.1 Å². The van der Waals surface area contributed by atoms with Crippen LogP contribution < -0.4 is 10.1 Å². The highest BCUT2D eigenvalue weighted by molar-refractivity contribution is 5.29. The van der Waals surface area contributed by atoms with Crippen LogP contribution in [0.5, 0.6) is 5.75 Å². The zero-order valence-electron chi connectivity index (χ0n) is 10.2. The summed E-state index contributed by atoms with van der Waals surface area (Å²) < 4.78 is 5.17. The Labute approximate surface area is 98.0 Å². The lowest BCUT2D eigenvalue weighted by Crippen LogP contribution is -2.16. The molecule has 88 valence electrons. The molecule has 16 heavy (non-hydrogen) atoms. The molecule has 2 rings (SSSR count). The van der Waals surface area contributed by atoms with Gasteiger partial charge in [0.1, 0.15) is 5.75 Å². The Morgan fingerprint density at radius 3 is 2.50 bits per heavy atom. The lowest BCUT2D eigenvalue weighted by Gasteiger charge is -2.16. The summed E-state index contributed by atoms with van der Waals surface area (Å²) in [7, 11) is 3.75. The molecule has 0 aliphatic heterocycles. The Morgan fingerprint density at radius 2 is 2.00 bits per heavy atom. The van der Waals surface area contributed by atoms with Crippen LogP contribution in [0, 0.1) is 5.92 Å². The van der Waals surface area contributed by atoms with Crippen LogP contribution in [0.1, 0.15) is 37.3 Å². The van der Waals surface area contributed by atoms with Gasteiger partial charge in [0.05, 0.1) is 7.11 Å². The molecule has 1 N–H and O–H groups in total. The minimum atomic E-state index is 0.492. The molecule has 0 saturated heterocycles. The van der Waals surface area contributed by atoms with E-state index >= 15 is 0 Å². The van der Waals surface area contributed by atoms with Gasteiger partial charge in [-0.15, -0.1) is 0 Å². The molecule has 0 bridgehead atoms. The molecule has 0 aromatic heterocycles. The van der Waals surface area contributed by atoms with Crippen molar-refractivity contribution in [2.45, 2.75) is 31.7 Å². The van der Waals surface area contributed by atoms with Gasteiger partial charge in [-0.3, -0.25) is 0 Å². The Kier molecular flexibility index (Phi) is 3.83. The van der Waals surface area contributed by atoms with E-state index < -0.39 is 0 Å². The molecule has 0 amide bonds. The fourth-order valence-corrected chi connectivity index (χ4v) is 2.12. The smallest absolute Gasteiger partial charge is 0.118 e. The van der Waals surface area contributed by atoms with E-state index in [0.717, 1.165) is 11.7 Å². The number of hydrogen-bond acceptors (Lipinski definition) is 2. The van der Waals surface area contributed by atoms with Gasteiger partial charge in [-0.2, -0.15) is 0 Å². The molecule has 0 heterocycles. The molecule has 1 fully saturated rings. The highest BCUT2D eigenvalue weighted by atomic mass is 16.5. The van der Waals surface area contributed by atoms with Crippen molar-refractivity contribution in [1.82, 2.24) is 5.32 Å². The van der Waals surface area contributed by atoms with Crippen molar-refractivity contribution >= 4 is 0 Å². The Hall–Kier alpha value is -1.02. The molecule has 1 aliphatic rings. The van der Waals surface area contributed by atoms with E-state index in [0.29, 0.717) is 6.04 Å². The first-order valence-corrected chi connectivity index (χ1v) is 6.14. The second-order valence-corrected chi connectivity index (χ2v) is 4.64. The number of methoxy groups -OCH3 is 1. The average Bonchev–Trinajstić information content (AvgIpc) is 3.15. The van der Waals surface area contributed by atoms with E-state index in [1.807, 2.05) is 19.2 Å². The van der Waals surface area contributed by atoms with Gasteiger partial charge in [-0.1, -0.05) is 25.0 Å². The van der Waals surface area contributed by atoms with Crippen LogP contribution in [-0.4, -0.2) is 14.2 Å². The quantitative estimate of drug-likeness (QED) is 0.793. The maximum Gasteiger partial charge on any atom is 0.118 e. The summed E-state index contributed by atoms with van der Waals surface area (Å²) in [5.41, 5.74) is 1.36. The highest BCUT2D eigenvalue weighted by Gasteiger charge is 2.22. The third-order valence-corrected chi connectivity index (χ3v) is 3.43. The molecule has 1 aromatic carbocycles. The maximum atomic E-state index is 5.17. The predicted molar refractivity (Wildman–Crippen MR) is 66.8 cm³/mol. The second kappa shape index (κ2) is 5.35. The Morgan fingerprint density at radius 1 is 1.31 bits per heavy atom. The molecule has 1 aromatic rings. The van der Waals surface area contributed by atoms with Crippen molar-refractivity contribution in [3.8, 4) is 5.75 Å². The van der Waals surface area contributed by atoms with Crippen molar-refractivity contribution in [2.24, 2.45) is 5.92 Å². The summed E-state index contributed by atoms with van der Waals surface area (Å²) in [5.74, 6) is 1.94. The highest BCUT2D eigenvalue weighted by Crippen LogP contribution is 2.35. The molecule has 0 radical (unpaired) electrons. The van der Waals surface area contributed by atoms with Crippen molar-refractivity contribution in [1.29, 1.82) is 0 Å². The van der Waals surface area contributed by atoms with Gasteiger partial charge in [0.15, 0.2) is 0 Å². The number of ether oxygens (including phenoxy) is 1. The van der Waals surface area contributed by atoms with Crippen molar-refractivity contribution in [2.75, 3.05) is 14.2 Å². The molecule has 1 saturated carbocycles. The summed E-state index contributed by atoms with van der Waals surface area (Å²) in [6.45, 7) is 0. The normalized spacial score (nSPS) is 17.1. The monoisotopic (exact) mass is 219 g/mol. The fraction of sp³-hybridized carbons (Fsp3) is 0.571. The van der Waals surface area contributed by atoms with Gasteiger partial charge in [-0.25, -0.2) is 0 Å². The van der Waals surface area contributed by atoms with Gasteiger partial charge in [0.2, 0.25) is 0 Å². The molecule has 1 unspecified atom stereocenters.